The molecule has 4 heterocycles. The summed E-state index contributed by atoms with van der Waals surface area (Å²) in [6.45, 7) is 12.8. The maximum Gasteiger partial charge on any atom is 0.265 e. The Morgan fingerprint density at radius 2 is 1.89 bits per heavy atom. The lowest BCUT2D eigenvalue weighted by Gasteiger charge is -2.39. The van der Waals surface area contributed by atoms with Gasteiger partial charge in [0.2, 0.25) is 0 Å². The van der Waals surface area contributed by atoms with Crippen LogP contribution in [0, 0.1) is 5.41 Å². The lowest BCUT2D eigenvalue weighted by Crippen LogP contribution is -2.47. The van der Waals surface area contributed by atoms with Gasteiger partial charge in [-0.3, -0.25) is 14.7 Å². The second-order valence-electron chi connectivity index (χ2n) is 14.8. The molecule has 0 radical (unpaired) electrons. The number of allylic oxidation sites excluding steroid dienone is 2. The third-order valence-corrected chi connectivity index (χ3v) is 13.1. The molecule has 0 unspecified atom stereocenters. The van der Waals surface area contributed by atoms with Crippen molar-refractivity contribution in [1.29, 1.82) is 0 Å². The van der Waals surface area contributed by atoms with Gasteiger partial charge in [-0.25, -0.2) is 18.1 Å². The standard InChI is InChI=1S/C42H45ClN6O3S2/c1-5-35(36-14-21-53-41(36)44-4)40(50)47-54(51,52)38-11-10-34(24-32(38)23-28-22-30-13-16-45-39(30)46-26-28)49-19-17-48(18-20-49)27-31-12-15-42(2,3)25-37(31)29-6-8-33(43)9-7-29/h5-11,13-14,16,21-22,24,26H,1,12,15,17-20,23,25,27H2,2-4H3,(H,45,46)(H,47,50)/b36-35+,44-41+. The van der Waals surface area contributed by atoms with Gasteiger partial charge < -0.3 is 9.88 Å². The number of pyridine rings is 1. The number of benzene rings is 2. The van der Waals surface area contributed by atoms with Crippen LogP contribution in [0.25, 0.3) is 16.6 Å². The average molecular weight is 781 g/mol. The third kappa shape index (κ3) is 8.29. The maximum absolute atomic E-state index is 14.0. The minimum atomic E-state index is -4.28. The fraction of sp³-hybridized carbons (Fsp3) is 0.310. The van der Waals surface area contributed by atoms with Gasteiger partial charge in [-0.2, -0.15) is 0 Å². The second kappa shape index (κ2) is 15.7. The van der Waals surface area contributed by atoms with Crippen LogP contribution in [0.3, 0.4) is 0 Å². The van der Waals surface area contributed by atoms with Gasteiger partial charge in [-0.15, -0.1) is 0 Å². The summed E-state index contributed by atoms with van der Waals surface area (Å²) in [7, 11) is -2.65. The maximum atomic E-state index is 14.0. The molecule has 0 bridgehead atoms. The van der Waals surface area contributed by atoms with E-state index in [9.17, 15) is 13.2 Å². The SMILES string of the molecule is C=C/C(C(=O)NS(=O)(=O)c1ccc(N2CCN(CC3=C(c4ccc(Cl)cc4)CC(C)(C)CC3)CC2)cc1Cc1cnc2[nH]ccc2c1)=C1/C=CS/C1=N/C. The van der Waals surface area contributed by atoms with Crippen LogP contribution in [0.5, 0.6) is 0 Å². The molecule has 2 N–H and O–H groups in total. The van der Waals surface area contributed by atoms with E-state index in [4.69, 9.17) is 11.6 Å². The summed E-state index contributed by atoms with van der Waals surface area (Å²) >= 11 is 7.60. The van der Waals surface area contributed by atoms with Crippen LogP contribution >= 0.6 is 23.4 Å². The Hall–Kier alpha value is -4.42. The predicted molar refractivity (Wildman–Crippen MR) is 223 cm³/mol. The number of halogens is 1. The summed E-state index contributed by atoms with van der Waals surface area (Å²) in [5.74, 6) is -0.759. The van der Waals surface area contributed by atoms with Crippen molar-refractivity contribution in [3.05, 3.63) is 130 Å². The number of fused-ring (bicyclic) bond motifs is 1. The Labute approximate surface area is 327 Å². The predicted octanol–water partition coefficient (Wildman–Crippen LogP) is 8.17. The van der Waals surface area contributed by atoms with E-state index in [0.29, 0.717) is 22.6 Å². The Morgan fingerprint density at radius 3 is 2.63 bits per heavy atom. The highest BCUT2D eigenvalue weighted by Gasteiger charge is 2.30. The van der Waals surface area contributed by atoms with Gasteiger partial charge in [-0.05, 0) is 101 Å². The fourth-order valence-corrected chi connectivity index (χ4v) is 9.66. The fourth-order valence-electron chi connectivity index (χ4n) is 7.60. The van der Waals surface area contributed by atoms with Crippen LogP contribution in [0.1, 0.15) is 49.8 Å². The van der Waals surface area contributed by atoms with E-state index in [1.54, 1.807) is 25.4 Å². The Bertz CT molecular complexity index is 2330. The number of amides is 1. The van der Waals surface area contributed by atoms with Crippen molar-refractivity contribution in [3.8, 4) is 0 Å². The number of aromatic amines is 1. The lowest BCUT2D eigenvalue weighted by molar-refractivity contribution is -0.115. The molecule has 4 aromatic rings. The van der Waals surface area contributed by atoms with Crippen LogP contribution in [-0.4, -0.2) is 74.0 Å². The summed E-state index contributed by atoms with van der Waals surface area (Å²) in [4.78, 5) is 30.2. The number of nitrogens with one attached hydrogen (secondary N) is 2. The van der Waals surface area contributed by atoms with Crippen molar-refractivity contribution in [2.24, 2.45) is 10.4 Å². The van der Waals surface area contributed by atoms with Gasteiger partial charge in [-0.1, -0.05) is 67.6 Å². The van der Waals surface area contributed by atoms with Gasteiger partial charge in [0, 0.05) is 85.8 Å². The van der Waals surface area contributed by atoms with Crippen LogP contribution < -0.4 is 9.62 Å². The number of aliphatic imine (C=N–C) groups is 1. The number of nitrogens with zero attached hydrogens (tertiary/aromatic N) is 4. The van der Waals surface area contributed by atoms with Crippen molar-refractivity contribution >= 4 is 66.6 Å². The van der Waals surface area contributed by atoms with Crippen molar-refractivity contribution in [3.63, 3.8) is 0 Å². The number of aromatic nitrogens is 2. The van der Waals surface area contributed by atoms with Gasteiger partial charge in [0.25, 0.3) is 15.9 Å². The molecule has 1 fully saturated rings. The molecule has 0 atom stereocenters. The number of sulfonamides is 1. The number of rotatable bonds is 10. The van der Waals surface area contributed by atoms with E-state index in [2.05, 4.69) is 62.0 Å². The molecule has 12 heteroatoms. The van der Waals surface area contributed by atoms with Crippen LogP contribution in [-0.2, 0) is 21.2 Å². The number of carbonyl (C=O) groups excluding carboxylic acids is 1. The first kappa shape index (κ1) is 37.9. The summed E-state index contributed by atoms with van der Waals surface area (Å²) in [6, 6.07) is 17.6. The zero-order chi connectivity index (χ0) is 38.0. The van der Waals surface area contributed by atoms with Crippen LogP contribution in [0.2, 0.25) is 5.02 Å². The highest BCUT2D eigenvalue weighted by atomic mass is 35.5. The van der Waals surface area contributed by atoms with Gasteiger partial charge in [0.1, 0.15) is 10.7 Å². The minimum absolute atomic E-state index is 0.0448. The molecule has 3 aliphatic rings. The van der Waals surface area contributed by atoms with E-state index in [1.807, 2.05) is 48.0 Å². The average Bonchev–Trinajstić information content (AvgIpc) is 3.83. The van der Waals surface area contributed by atoms with E-state index in [1.165, 1.54) is 41.0 Å². The van der Waals surface area contributed by atoms with Gasteiger partial charge in [0.05, 0.1) is 4.90 Å². The normalized spacial score (nSPS) is 19.5. The largest absolute Gasteiger partial charge is 0.369 e. The van der Waals surface area contributed by atoms with Crippen molar-refractivity contribution in [2.45, 2.75) is 44.4 Å². The Kier molecular flexibility index (Phi) is 11.0. The van der Waals surface area contributed by atoms with Gasteiger partial charge in [0.15, 0.2) is 0 Å². The van der Waals surface area contributed by atoms with E-state index < -0.39 is 15.9 Å². The number of anilines is 1. The first-order valence-electron chi connectivity index (χ1n) is 18.2. The molecular formula is C42H45ClN6O3S2. The zero-order valence-electron chi connectivity index (χ0n) is 30.9. The molecular weight excluding hydrogens is 736 g/mol. The molecule has 2 aliphatic heterocycles. The molecule has 1 saturated heterocycles. The van der Waals surface area contributed by atoms with Crippen molar-refractivity contribution in [1.82, 2.24) is 19.6 Å². The van der Waals surface area contributed by atoms with E-state index in [0.717, 1.165) is 72.9 Å². The molecule has 2 aromatic heterocycles. The molecule has 9 nitrogen and oxygen atoms in total. The lowest BCUT2D eigenvalue weighted by atomic mass is 9.72. The van der Waals surface area contributed by atoms with E-state index in [-0.39, 0.29) is 15.9 Å². The molecule has 0 spiro atoms. The molecule has 0 saturated carbocycles. The molecule has 54 heavy (non-hydrogen) atoms. The molecule has 280 valence electrons. The molecule has 1 amide bonds. The summed E-state index contributed by atoms with van der Waals surface area (Å²) < 4.78 is 30.4. The number of H-pyrrole nitrogens is 1. The van der Waals surface area contributed by atoms with Crippen molar-refractivity contribution < 1.29 is 13.2 Å². The number of hydrogen-bond donors (Lipinski definition) is 2. The number of thioether (sulfide) groups is 1. The Balaban J connectivity index is 1.13. The smallest absolute Gasteiger partial charge is 0.265 e. The van der Waals surface area contributed by atoms with E-state index >= 15 is 0 Å². The summed E-state index contributed by atoms with van der Waals surface area (Å²) in [5.41, 5.74) is 8.29. The third-order valence-electron chi connectivity index (χ3n) is 10.5. The summed E-state index contributed by atoms with van der Waals surface area (Å²) in [6.07, 6.45) is 10.3. The number of hydrogen-bond acceptors (Lipinski definition) is 8. The monoisotopic (exact) mass is 780 g/mol. The quantitative estimate of drug-likeness (QED) is 0.156. The zero-order valence-corrected chi connectivity index (χ0v) is 33.3. The topological polar surface area (TPSA) is 111 Å². The highest BCUT2D eigenvalue weighted by Crippen LogP contribution is 2.43. The number of carbonyl (C=O) groups is 1. The molecule has 7 rings (SSSR count). The molecule has 2 aromatic carbocycles. The first-order chi connectivity index (χ1) is 25.9. The highest BCUT2D eigenvalue weighted by molar-refractivity contribution is 8.17. The van der Waals surface area contributed by atoms with Crippen LogP contribution in [0.15, 0.2) is 118 Å². The van der Waals surface area contributed by atoms with Crippen LogP contribution in [0.4, 0.5) is 5.69 Å². The van der Waals surface area contributed by atoms with Crippen molar-refractivity contribution in [2.75, 3.05) is 44.7 Å². The summed E-state index contributed by atoms with van der Waals surface area (Å²) in [5, 5.41) is 4.12. The Morgan fingerprint density at radius 1 is 1.11 bits per heavy atom. The second-order valence-corrected chi connectivity index (χ2v) is 17.8. The minimum Gasteiger partial charge on any atom is -0.369 e. The number of piperazine rings is 1. The van der Waals surface area contributed by atoms with Gasteiger partial charge >= 0.3 is 0 Å². The molecule has 1 aliphatic carbocycles. The first-order valence-corrected chi connectivity index (χ1v) is 20.9.